The molecule has 6 nitrogen and oxygen atoms in total. The highest BCUT2D eigenvalue weighted by atomic mass is 16.5. The third-order valence-corrected chi connectivity index (χ3v) is 5.77. The van der Waals surface area contributed by atoms with Crippen molar-refractivity contribution in [1.29, 1.82) is 0 Å². The van der Waals surface area contributed by atoms with Gasteiger partial charge in [0.15, 0.2) is 0 Å². The van der Waals surface area contributed by atoms with Gasteiger partial charge in [0, 0.05) is 6.54 Å². The van der Waals surface area contributed by atoms with Gasteiger partial charge < -0.3 is 9.64 Å². The minimum atomic E-state index is -0.260. The van der Waals surface area contributed by atoms with Crippen molar-refractivity contribution in [2.24, 2.45) is 5.92 Å². The highest BCUT2D eigenvalue weighted by Gasteiger charge is 2.46. The van der Waals surface area contributed by atoms with Gasteiger partial charge in [-0.3, -0.25) is 15.0 Å². The summed E-state index contributed by atoms with van der Waals surface area (Å²) in [6.07, 6.45) is 1.47. The molecule has 4 rings (SSSR count). The van der Waals surface area contributed by atoms with E-state index in [9.17, 15) is 9.59 Å². The van der Waals surface area contributed by atoms with Crippen LogP contribution >= 0.6 is 0 Å². The van der Waals surface area contributed by atoms with Crippen LogP contribution < -0.4 is 10.1 Å². The maximum absolute atomic E-state index is 13.4. The van der Waals surface area contributed by atoms with Crippen molar-refractivity contribution in [2.45, 2.75) is 39.0 Å². The largest absolute Gasteiger partial charge is 0.497 e. The topological polar surface area (TPSA) is 61.9 Å². The van der Waals surface area contributed by atoms with Crippen LogP contribution in [0.25, 0.3) is 0 Å². The summed E-state index contributed by atoms with van der Waals surface area (Å²) in [6, 6.07) is 15.5. The molecule has 3 amide bonds. The van der Waals surface area contributed by atoms with E-state index in [1.165, 1.54) is 4.90 Å². The van der Waals surface area contributed by atoms with E-state index in [2.05, 4.69) is 5.32 Å². The summed E-state index contributed by atoms with van der Waals surface area (Å²) in [4.78, 5) is 29.8. The number of carbonyl (C=O) groups is 2. The van der Waals surface area contributed by atoms with Crippen molar-refractivity contribution in [3.05, 3.63) is 65.2 Å². The van der Waals surface area contributed by atoms with Crippen molar-refractivity contribution < 1.29 is 14.3 Å². The number of amides is 3. The molecule has 0 saturated carbocycles. The van der Waals surface area contributed by atoms with Crippen LogP contribution in [0.1, 0.15) is 29.5 Å². The molecular formula is C23H27N3O3. The van der Waals surface area contributed by atoms with Gasteiger partial charge >= 0.3 is 6.03 Å². The predicted octanol–water partition coefficient (Wildman–Crippen LogP) is 3.29. The minimum absolute atomic E-state index is 0.0744. The average molecular weight is 393 g/mol. The number of ether oxygens (including phenoxy) is 1. The van der Waals surface area contributed by atoms with Crippen LogP contribution in [-0.4, -0.2) is 41.6 Å². The monoisotopic (exact) mass is 393 g/mol. The van der Waals surface area contributed by atoms with Crippen molar-refractivity contribution in [2.75, 3.05) is 13.7 Å². The van der Waals surface area contributed by atoms with Crippen LogP contribution in [0.5, 0.6) is 5.75 Å². The number of nitrogens with zero attached hydrogens (tertiary/aromatic N) is 2. The quantitative estimate of drug-likeness (QED) is 0.847. The maximum Gasteiger partial charge on any atom is 0.328 e. The zero-order valence-corrected chi connectivity index (χ0v) is 16.9. The summed E-state index contributed by atoms with van der Waals surface area (Å²) in [6.45, 7) is 3.57. The predicted molar refractivity (Wildman–Crippen MR) is 110 cm³/mol. The van der Waals surface area contributed by atoms with Crippen LogP contribution in [0, 0.1) is 12.8 Å². The Kier molecular flexibility index (Phi) is 5.53. The van der Waals surface area contributed by atoms with E-state index in [-0.39, 0.29) is 24.0 Å². The van der Waals surface area contributed by atoms with Crippen LogP contribution in [0.2, 0.25) is 0 Å². The fourth-order valence-electron chi connectivity index (χ4n) is 4.18. The lowest BCUT2D eigenvalue weighted by molar-refractivity contribution is -0.142. The van der Waals surface area contributed by atoms with Gasteiger partial charge in [0.25, 0.3) is 0 Å². The molecule has 0 radical (unpaired) electrons. The Hall–Kier alpha value is -2.86. The maximum atomic E-state index is 13.4. The molecule has 2 heterocycles. The smallest absolute Gasteiger partial charge is 0.328 e. The zero-order valence-electron chi connectivity index (χ0n) is 16.9. The summed E-state index contributed by atoms with van der Waals surface area (Å²) in [5, 5.41) is 3.40. The number of piperidine rings is 1. The summed E-state index contributed by atoms with van der Waals surface area (Å²) < 4.78 is 5.32. The molecule has 0 aromatic heterocycles. The van der Waals surface area contributed by atoms with Crippen molar-refractivity contribution in [1.82, 2.24) is 15.1 Å². The Labute approximate surface area is 171 Å². The third-order valence-electron chi connectivity index (χ3n) is 5.77. The number of fused-ring (bicyclic) bond motifs is 1. The van der Waals surface area contributed by atoms with Crippen LogP contribution in [0.3, 0.4) is 0 Å². The van der Waals surface area contributed by atoms with Gasteiger partial charge in [-0.2, -0.15) is 0 Å². The molecule has 1 N–H and O–H groups in total. The fraction of sp³-hybridized carbons (Fsp3) is 0.391. The molecular weight excluding hydrogens is 366 g/mol. The number of imide groups is 1. The molecule has 2 fully saturated rings. The molecule has 0 aliphatic carbocycles. The number of methoxy groups -OCH3 is 1. The molecule has 152 valence electrons. The SMILES string of the molecule is COc1cccc(CN2C(=O)N(Cc3ccc(C)cc3)C(=O)C3CCCNC32)c1. The first kappa shape index (κ1) is 19.5. The summed E-state index contributed by atoms with van der Waals surface area (Å²) in [5.74, 6) is 0.472. The second-order valence-electron chi connectivity index (χ2n) is 7.82. The van der Waals surface area contributed by atoms with Crippen LogP contribution in [0.15, 0.2) is 48.5 Å². The number of hydrogen-bond acceptors (Lipinski definition) is 4. The lowest BCUT2D eigenvalue weighted by atomic mass is 9.91. The molecule has 2 unspecified atom stereocenters. The highest BCUT2D eigenvalue weighted by Crippen LogP contribution is 2.30. The minimum Gasteiger partial charge on any atom is -0.497 e. The Bertz CT molecular complexity index is 896. The fourth-order valence-corrected chi connectivity index (χ4v) is 4.18. The Morgan fingerprint density at radius 3 is 2.62 bits per heavy atom. The molecule has 2 saturated heterocycles. The number of nitrogens with one attached hydrogen (secondary N) is 1. The standard InChI is InChI=1S/C23H27N3O3/c1-16-8-10-17(11-9-16)14-26-22(27)20-7-4-12-24-21(20)25(23(26)28)15-18-5-3-6-19(13-18)29-2/h3,5-6,8-11,13,20-21,24H,4,7,12,14-15H2,1-2H3. The number of hydrogen-bond donors (Lipinski definition) is 1. The van der Waals surface area contributed by atoms with E-state index in [0.717, 1.165) is 41.8 Å². The molecule has 2 aliphatic rings. The van der Waals surface area contributed by atoms with E-state index in [1.807, 2.05) is 55.5 Å². The second kappa shape index (κ2) is 8.25. The summed E-state index contributed by atoms with van der Waals surface area (Å²) in [5.41, 5.74) is 3.09. The molecule has 29 heavy (non-hydrogen) atoms. The number of urea groups is 1. The van der Waals surface area contributed by atoms with Crippen molar-refractivity contribution in [3.63, 3.8) is 0 Å². The lowest BCUT2D eigenvalue weighted by Gasteiger charge is -2.47. The van der Waals surface area contributed by atoms with Gasteiger partial charge in [-0.1, -0.05) is 42.0 Å². The number of benzene rings is 2. The van der Waals surface area contributed by atoms with E-state index in [0.29, 0.717) is 13.1 Å². The summed E-state index contributed by atoms with van der Waals surface area (Å²) in [7, 11) is 1.63. The van der Waals surface area contributed by atoms with Gasteiger partial charge in [-0.15, -0.1) is 0 Å². The van der Waals surface area contributed by atoms with Gasteiger partial charge in [0.2, 0.25) is 5.91 Å². The molecule has 2 aromatic rings. The summed E-state index contributed by atoms with van der Waals surface area (Å²) >= 11 is 0. The van der Waals surface area contributed by atoms with Gasteiger partial charge in [-0.25, -0.2) is 4.79 Å². The van der Waals surface area contributed by atoms with Gasteiger partial charge in [0.1, 0.15) is 5.75 Å². The first-order valence-corrected chi connectivity index (χ1v) is 10.1. The van der Waals surface area contributed by atoms with Crippen molar-refractivity contribution >= 4 is 11.9 Å². The molecule has 2 atom stereocenters. The van der Waals surface area contributed by atoms with E-state index in [1.54, 1.807) is 12.0 Å². The molecule has 0 bridgehead atoms. The Morgan fingerprint density at radius 1 is 1.07 bits per heavy atom. The third kappa shape index (κ3) is 3.98. The Balaban J connectivity index is 1.62. The molecule has 2 aliphatic heterocycles. The first-order valence-electron chi connectivity index (χ1n) is 10.1. The highest BCUT2D eigenvalue weighted by molar-refractivity contribution is 5.98. The second-order valence-corrected chi connectivity index (χ2v) is 7.82. The molecule has 0 spiro atoms. The van der Waals surface area contributed by atoms with Crippen LogP contribution in [0.4, 0.5) is 4.79 Å². The number of aryl methyl sites for hydroxylation is 1. The van der Waals surface area contributed by atoms with E-state index >= 15 is 0 Å². The zero-order chi connectivity index (χ0) is 20.4. The van der Waals surface area contributed by atoms with E-state index in [4.69, 9.17) is 4.74 Å². The molecule has 2 aromatic carbocycles. The number of carbonyl (C=O) groups excluding carboxylic acids is 2. The van der Waals surface area contributed by atoms with Gasteiger partial charge in [0.05, 0.1) is 25.7 Å². The Morgan fingerprint density at radius 2 is 1.86 bits per heavy atom. The lowest BCUT2D eigenvalue weighted by Crippen LogP contribution is -2.66. The normalized spacial score (nSPS) is 21.9. The van der Waals surface area contributed by atoms with Gasteiger partial charge in [-0.05, 0) is 49.6 Å². The molecule has 6 heteroatoms. The van der Waals surface area contributed by atoms with E-state index < -0.39 is 0 Å². The van der Waals surface area contributed by atoms with Crippen molar-refractivity contribution in [3.8, 4) is 5.75 Å². The van der Waals surface area contributed by atoms with Crippen LogP contribution in [-0.2, 0) is 17.9 Å². The average Bonchev–Trinajstić information content (AvgIpc) is 2.75. The first-order chi connectivity index (χ1) is 14.1. The number of rotatable bonds is 5.